The normalized spacial score (nSPS) is 12.4. The van der Waals surface area contributed by atoms with Crippen LogP contribution in [0, 0.1) is 20.8 Å². The van der Waals surface area contributed by atoms with Crippen molar-refractivity contribution in [2.24, 2.45) is 0 Å². The summed E-state index contributed by atoms with van der Waals surface area (Å²) in [6.45, 7) is 9.10. The molecule has 3 aromatic rings. The molecule has 24 heavy (non-hydrogen) atoms. The molecule has 0 saturated carbocycles. The van der Waals surface area contributed by atoms with Crippen molar-refractivity contribution in [3.05, 3.63) is 95.1 Å². The maximum absolute atomic E-state index is 2.41. The fraction of sp³-hybridized carbons (Fsp3) is 0.217. The van der Waals surface area contributed by atoms with Crippen LogP contribution >= 0.6 is 0 Å². The minimum absolute atomic E-state index is 0.527. The summed E-state index contributed by atoms with van der Waals surface area (Å²) in [5.74, 6) is 0. The van der Waals surface area contributed by atoms with E-state index in [1.807, 2.05) is 0 Å². The molecule has 3 rings (SSSR count). The Morgan fingerprint density at radius 2 is 1.08 bits per heavy atom. The van der Waals surface area contributed by atoms with Gasteiger partial charge in [-0.1, -0.05) is 90.1 Å². The third-order valence-corrected chi connectivity index (χ3v) is 8.04. The Kier molecular flexibility index (Phi) is 5.01. The van der Waals surface area contributed by atoms with Gasteiger partial charge in [-0.3, -0.25) is 0 Å². The summed E-state index contributed by atoms with van der Waals surface area (Å²) in [6, 6.07) is 26.9. The number of hydrogen-bond donors (Lipinski definition) is 0. The van der Waals surface area contributed by atoms with Gasteiger partial charge in [0.2, 0.25) is 0 Å². The Bertz CT molecular complexity index is 767. The predicted octanol–water partition coefficient (Wildman–Crippen LogP) is 4.56. The van der Waals surface area contributed by atoms with Gasteiger partial charge in [-0.2, -0.15) is 0 Å². The van der Waals surface area contributed by atoms with Crippen LogP contribution in [0.15, 0.2) is 72.8 Å². The van der Waals surface area contributed by atoms with Gasteiger partial charge >= 0.3 is 0 Å². The Hall–Kier alpha value is -2.12. The van der Waals surface area contributed by atoms with E-state index in [4.69, 9.17) is 0 Å². The van der Waals surface area contributed by atoms with E-state index in [1.54, 1.807) is 0 Å². The smallest absolute Gasteiger partial charge is 0.0628 e. The lowest BCUT2D eigenvalue weighted by molar-refractivity contribution is 1.03. The fourth-order valence-corrected chi connectivity index (χ4v) is 6.57. The van der Waals surface area contributed by atoms with E-state index in [2.05, 4.69) is 100 Å². The predicted molar refractivity (Wildman–Crippen MR) is 107 cm³/mol. The molecule has 1 radical (unpaired) electrons. The minimum Gasteiger partial charge on any atom is -0.0628 e. The number of benzene rings is 3. The first-order chi connectivity index (χ1) is 11.6. The molecule has 0 saturated heterocycles. The van der Waals surface area contributed by atoms with Crippen LogP contribution in [-0.4, -0.2) is 8.80 Å². The second-order valence-electron chi connectivity index (χ2n) is 6.66. The van der Waals surface area contributed by atoms with Crippen LogP contribution in [0.3, 0.4) is 0 Å². The van der Waals surface area contributed by atoms with Crippen LogP contribution in [-0.2, 0) is 0 Å². The van der Waals surface area contributed by atoms with E-state index in [0.717, 1.165) is 0 Å². The largest absolute Gasteiger partial charge is 0.128 e. The Balaban J connectivity index is 2.11. The van der Waals surface area contributed by atoms with Crippen molar-refractivity contribution in [3.8, 4) is 0 Å². The van der Waals surface area contributed by atoms with Crippen molar-refractivity contribution in [2.75, 3.05) is 0 Å². The number of hydrogen-bond acceptors (Lipinski definition) is 0. The highest BCUT2D eigenvalue weighted by Gasteiger charge is 2.26. The molecule has 0 N–H and O–H groups in total. The topological polar surface area (TPSA) is 0 Å². The van der Waals surface area contributed by atoms with E-state index in [-0.39, 0.29) is 0 Å². The molecule has 1 unspecified atom stereocenters. The highest BCUT2D eigenvalue weighted by atomic mass is 28.3. The van der Waals surface area contributed by atoms with Crippen molar-refractivity contribution in [1.82, 2.24) is 0 Å². The van der Waals surface area contributed by atoms with E-state index >= 15 is 0 Å². The third kappa shape index (κ3) is 3.37. The molecule has 1 atom stereocenters. The van der Waals surface area contributed by atoms with Crippen LogP contribution in [0.2, 0.25) is 0 Å². The van der Waals surface area contributed by atoms with Crippen molar-refractivity contribution in [1.29, 1.82) is 0 Å². The molecular formula is C23H25Si. The molecule has 0 amide bonds. The SMILES string of the molecule is Cc1cc(C)c(C(C)[Si](c2ccccc2)c2ccccc2)cc1C. The molecule has 0 spiro atoms. The van der Waals surface area contributed by atoms with Crippen molar-refractivity contribution in [2.45, 2.75) is 33.2 Å². The van der Waals surface area contributed by atoms with Gasteiger partial charge in [0.25, 0.3) is 0 Å². The summed E-state index contributed by atoms with van der Waals surface area (Å²) in [5.41, 5.74) is 6.22. The minimum atomic E-state index is -0.881. The number of rotatable bonds is 4. The second kappa shape index (κ2) is 7.19. The summed E-state index contributed by atoms with van der Waals surface area (Å²) in [4.78, 5) is 0. The zero-order valence-electron chi connectivity index (χ0n) is 15.0. The number of aryl methyl sites for hydroxylation is 3. The molecular weight excluding hydrogens is 304 g/mol. The molecule has 0 aliphatic rings. The quantitative estimate of drug-likeness (QED) is 0.615. The van der Waals surface area contributed by atoms with Gasteiger partial charge in [0.1, 0.15) is 8.80 Å². The Morgan fingerprint density at radius 1 is 0.625 bits per heavy atom. The molecule has 1 heteroatoms. The van der Waals surface area contributed by atoms with Crippen molar-refractivity contribution < 1.29 is 0 Å². The first-order valence-corrected chi connectivity index (χ1v) is 10.2. The first kappa shape index (κ1) is 16.7. The van der Waals surface area contributed by atoms with Crippen LogP contribution in [0.5, 0.6) is 0 Å². The summed E-state index contributed by atoms with van der Waals surface area (Å²) >= 11 is 0. The van der Waals surface area contributed by atoms with Crippen molar-refractivity contribution in [3.63, 3.8) is 0 Å². The van der Waals surface area contributed by atoms with Gasteiger partial charge in [-0.25, -0.2) is 0 Å². The monoisotopic (exact) mass is 329 g/mol. The lowest BCUT2D eigenvalue weighted by Gasteiger charge is -2.26. The maximum Gasteiger partial charge on any atom is 0.128 e. The Labute approximate surface area is 147 Å². The van der Waals surface area contributed by atoms with Gasteiger partial charge < -0.3 is 0 Å². The summed E-state index contributed by atoms with van der Waals surface area (Å²) in [5, 5.41) is 2.97. The molecule has 0 aliphatic carbocycles. The van der Waals surface area contributed by atoms with E-state index in [0.29, 0.717) is 5.54 Å². The highest BCUT2D eigenvalue weighted by Crippen LogP contribution is 2.25. The Morgan fingerprint density at radius 3 is 1.58 bits per heavy atom. The van der Waals surface area contributed by atoms with Gasteiger partial charge in [-0.15, -0.1) is 0 Å². The van der Waals surface area contributed by atoms with E-state index in [9.17, 15) is 0 Å². The zero-order chi connectivity index (χ0) is 17.1. The molecule has 0 nitrogen and oxygen atoms in total. The average Bonchev–Trinajstić information content (AvgIpc) is 2.60. The standard InChI is InChI=1S/C23H25Si/c1-17-15-19(3)23(16-18(17)2)20(4)24(21-11-7-5-8-12-21)22-13-9-6-10-14-22/h5-16,20H,1-4H3. The molecule has 0 aliphatic heterocycles. The summed E-state index contributed by atoms with van der Waals surface area (Å²) in [7, 11) is -0.881. The molecule has 3 aromatic carbocycles. The first-order valence-electron chi connectivity index (χ1n) is 8.63. The molecule has 0 bridgehead atoms. The van der Waals surface area contributed by atoms with Gasteiger partial charge in [0, 0.05) is 0 Å². The van der Waals surface area contributed by atoms with Crippen LogP contribution in [0.1, 0.15) is 34.7 Å². The fourth-order valence-electron chi connectivity index (χ4n) is 3.51. The highest BCUT2D eigenvalue weighted by molar-refractivity contribution is 6.86. The van der Waals surface area contributed by atoms with Crippen LogP contribution in [0.4, 0.5) is 0 Å². The van der Waals surface area contributed by atoms with Crippen LogP contribution < -0.4 is 10.4 Å². The molecule has 0 aromatic heterocycles. The van der Waals surface area contributed by atoms with Gasteiger partial charge in [-0.05, 0) is 48.6 Å². The van der Waals surface area contributed by atoms with Gasteiger partial charge in [0.05, 0.1) is 0 Å². The van der Waals surface area contributed by atoms with E-state index < -0.39 is 8.80 Å². The summed E-state index contributed by atoms with van der Waals surface area (Å²) in [6.07, 6.45) is 0. The van der Waals surface area contributed by atoms with Crippen LogP contribution in [0.25, 0.3) is 0 Å². The second-order valence-corrected chi connectivity index (χ2v) is 9.51. The third-order valence-electron chi connectivity index (χ3n) is 4.95. The molecule has 0 fully saturated rings. The maximum atomic E-state index is 2.41. The van der Waals surface area contributed by atoms with Gasteiger partial charge in [0.15, 0.2) is 0 Å². The average molecular weight is 330 g/mol. The lowest BCUT2D eigenvalue weighted by Crippen LogP contribution is -2.46. The molecule has 0 heterocycles. The van der Waals surface area contributed by atoms with Crippen molar-refractivity contribution >= 4 is 19.2 Å². The summed E-state index contributed by atoms with van der Waals surface area (Å²) < 4.78 is 0. The molecule has 121 valence electrons. The zero-order valence-corrected chi connectivity index (χ0v) is 16.0. The van der Waals surface area contributed by atoms with E-state index in [1.165, 1.54) is 32.6 Å². The lowest BCUT2D eigenvalue weighted by atomic mass is 9.99.